The Morgan fingerprint density at radius 3 is 2.52 bits per heavy atom. The smallest absolute Gasteiger partial charge is 0.0539 e. The first-order chi connectivity index (χ1) is 10.8. The molecule has 2 unspecified atom stereocenters. The minimum atomic E-state index is 0.101. The van der Waals surface area contributed by atoms with Gasteiger partial charge < -0.3 is 16.4 Å². The molecule has 0 aromatic rings. The summed E-state index contributed by atoms with van der Waals surface area (Å²) in [6.45, 7) is 20.2. The molecule has 4 N–H and O–H groups in total. The second-order valence-electron chi connectivity index (χ2n) is 6.59. The first kappa shape index (κ1) is 19.4. The molecule has 1 saturated heterocycles. The van der Waals surface area contributed by atoms with Crippen molar-refractivity contribution in [1.29, 1.82) is 0 Å². The number of likely N-dealkylation sites (tertiary alicyclic amines) is 1. The number of nitrogens with zero attached hydrogens (tertiary/aromatic N) is 1. The summed E-state index contributed by atoms with van der Waals surface area (Å²) in [6, 6.07) is 0.529. The summed E-state index contributed by atoms with van der Waals surface area (Å²) in [6.07, 6.45) is 5.14. The molecule has 1 rings (SSSR count). The maximum Gasteiger partial charge on any atom is 0.0539 e. The van der Waals surface area contributed by atoms with Crippen LogP contribution in [0.4, 0.5) is 0 Å². The van der Waals surface area contributed by atoms with Gasteiger partial charge in [-0.3, -0.25) is 4.90 Å². The first-order valence-electron chi connectivity index (χ1n) is 8.53. The molecule has 0 radical (unpaired) electrons. The fourth-order valence-corrected chi connectivity index (χ4v) is 3.04. The quantitative estimate of drug-likeness (QED) is 0.513. The Morgan fingerprint density at radius 1 is 1.30 bits per heavy atom. The molecule has 1 aliphatic rings. The number of likely N-dealkylation sites (N-methyl/N-ethyl adjacent to an activating group) is 1. The van der Waals surface area contributed by atoms with E-state index in [4.69, 9.17) is 5.73 Å². The van der Waals surface area contributed by atoms with Crippen LogP contribution in [0, 0.1) is 0 Å². The Kier molecular flexibility index (Phi) is 7.96. The van der Waals surface area contributed by atoms with Crippen LogP contribution in [-0.2, 0) is 0 Å². The number of nitrogens with two attached hydrogens (primary N) is 1. The maximum atomic E-state index is 5.78. The molecule has 1 fully saturated rings. The molecule has 23 heavy (non-hydrogen) atoms. The molecule has 130 valence electrons. The van der Waals surface area contributed by atoms with Crippen LogP contribution in [0.1, 0.15) is 39.0 Å². The Labute approximate surface area is 142 Å². The highest BCUT2D eigenvalue weighted by atomic mass is 15.2. The number of rotatable bonds is 11. The van der Waals surface area contributed by atoms with Crippen LogP contribution < -0.4 is 16.4 Å². The van der Waals surface area contributed by atoms with Gasteiger partial charge >= 0.3 is 0 Å². The predicted octanol–water partition coefficient (Wildman–Crippen LogP) is 2.87. The fraction of sp³-hybridized carbons (Fsp3) is 0.579. The van der Waals surface area contributed by atoms with Gasteiger partial charge in [-0.25, -0.2) is 0 Å². The van der Waals surface area contributed by atoms with Crippen molar-refractivity contribution in [3.05, 3.63) is 49.0 Å². The molecule has 0 aromatic carbocycles. The van der Waals surface area contributed by atoms with Crippen LogP contribution in [0.2, 0.25) is 0 Å². The molecule has 0 aliphatic carbocycles. The van der Waals surface area contributed by atoms with Gasteiger partial charge in [0.1, 0.15) is 0 Å². The fourth-order valence-electron chi connectivity index (χ4n) is 3.04. The summed E-state index contributed by atoms with van der Waals surface area (Å²) in [5.74, 6) is 0. The molecule has 1 heterocycles. The summed E-state index contributed by atoms with van der Waals surface area (Å²) in [7, 11) is 2.15. The van der Waals surface area contributed by atoms with Gasteiger partial charge in [0, 0.05) is 29.6 Å². The van der Waals surface area contributed by atoms with Gasteiger partial charge in [0.2, 0.25) is 0 Å². The van der Waals surface area contributed by atoms with Gasteiger partial charge in [0.25, 0.3) is 0 Å². The van der Waals surface area contributed by atoms with Crippen LogP contribution in [0.3, 0.4) is 0 Å². The van der Waals surface area contributed by atoms with Crippen LogP contribution in [0.15, 0.2) is 49.0 Å². The van der Waals surface area contributed by atoms with E-state index in [0.717, 1.165) is 36.4 Å². The van der Waals surface area contributed by atoms with Crippen molar-refractivity contribution in [2.24, 2.45) is 5.73 Å². The largest absolute Gasteiger partial charge is 0.402 e. The van der Waals surface area contributed by atoms with Crippen LogP contribution >= 0.6 is 0 Å². The summed E-state index contributed by atoms with van der Waals surface area (Å²) < 4.78 is 0. The number of hydrogen-bond donors (Lipinski definition) is 3. The highest BCUT2D eigenvalue weighted by Gasteiger charge is 2.23. The van der Waals surface area contributed by atoms with Gasteiger partial charge in [-0.1, -0.05) is 45.2 Å². The van der Waals surface area contributed by atoms with Crippen molar-refractivity contribution < 1.29 is 0 Å². The molecule has 2 atom stereocenters. The lowest BCUT2D eigenvalue weighted by atomic mass is 9.99. The molecule has 4 heteroatoms. The molecule has 0 spiro atoms. The van der Waals surface area contributed by atoms with Crippen molar-refractivity contribution >= 4 is 0 Å². The maximum absolute atomic E-state index is 5.78. The standard InChI is InChI=1S/C19H34N4/c1-7-9-14(2)18(12-15(3)20)22-16(4)13-21-17(5)19-10-8-11-23(19)6/h18-19,21-22H,2-5,7-13,20H2,1,6H3. The summed E-state index contributed by atoms with van der Waals surface area (Å²) >= 11 is 0. The second-order valence-corrected chi connectivity index (χ2v) is 6.59. The average molecular weight is 319 g/mol. The lowest BCUT2D eigenvalue weighted by Crippen LogP contribution is -2.37. The molecule has 0 aromatic heterocycles. The molecule has 1 aliphatic heterocycles. The predicted molar refractivity (Wildman–Crippen MR) is 101 cm³/mol. The molecular weight excluding hydrogens is 284 g/mol. The molecule has 0 saturated carbocycles. The summed E-state index contributed by atoms with van der Waals surface area (Å²) in [4.78, 5) is 2.34. The van der Waals surface area contributed by atoms with E-state index in [1.54, 1.807) is 0 Å². The third kappa shape index (κ3) is 6.53. The molecule has 0 amide bonds. The van der Waals surface area contributed by atoms with Gasteiger partial charge in [-0.15, -0.1) is 0 Å². The normalized spacial score (nSPS) is 19.1. The second kappa shape index (κ2) is 9.46. The third-order valence-corrected chi connectivity index (χ3v) is 4.36. The van der Waals surface area contributed by atoms with E-state index in [1.807, 2.05) is 0 Å². The van der Waals surface area contributed by atoms with Crippen molar-refractivity contribution in [1.82, 2.24) is 15.5 Å². The van der Waals surface area contributed by atoms with Crippen LogP contribution in [-0.4, -0.2) is 37.1 Å². The van der Waals surface area contributed by atoms with E-state index in [1.165, 1.54) is 12.8 Å². The Bertz CT molecular complexity index is 452. The lowest BCUT2D eigenvalue weighted by molar-refractivity contribution is 0.335. The van der Waals surface area contributed by atoms with E-state index < -0.39 is 0 Å². The number of nitrogens with one attached hydrogen (secondary N) is 2. The van der Waals surface area contributed by atoms with Gasteiger partial charge in [-0.2, -0.15) is 0 Å². The molecule has 4 nitrogen and oxygen atoms in total. The highest BCUT2D eigenvalue weighted by molar-refractivity contribution is 5.15. The zero-order chi connectivity index (χ0) is 17.4. The van der Waals surface area contributed by atoms with E-state index in [9.17, 15) is 0 Å². The van der Waals surface area contributed by atoms with Crippen molar-refractivity contribution in [2.45, 2.75) is 51.1 Å². The van der Waals surface area contributed by atoms with Crippen molar-refractivity contribution in [3.63, 3.8) is 0 Å². The van der Waals surface area contributed by atoms with E-state index in [0.29, 0.717) is 24.7 Å². The Hall–Kier alpha value is -1.68. The zero-order valence-electron chi connectivity index (χ0n) is 15.0. The molecular formula is C19H34N4. The molecule has 0 bridgehead atoms. The minimum absolute atomic E-state index is 0.101. The van der Waals surface area contributed by atoms with Crippen molar-refractivity contribution in [3.8, 4) is 0 Å². The van der Waals surface area contributed by atoms with E-state index >= 15 is 0 Å². The number of hydrogen-bond acceptors (Lipinski definition) is 4. The Balaban J connectivity index is 2.46. The van der Waals surface area contributed by atoms with E-state index in [2.05, 4.69) is 55.8 Å². The van der Waals surface area contributed by atoms with Gasteiger partial charge in [-0.05, 0) is 32.9 Å². The minimum Gasteiger partial charge on any atom is -0.402 e. The van der Waals surface area contributed by atoms with Gasteiger partial charge in [0.15, 0.2) is 0 Å². The summed E-state index contributed by atoms with van der Waals surface area (Å²) in [5, 5.41) is 6.84. The third-order valence-electron chi connectivity index (χ3n) is 4.36. The summed E-state index contributed by atoms with van der Waals surface area (Å²) in [5.41, 5.74) is 9.59. The van der Waals surface area contributed by atoms with Crippen molar-refractivity contribution in [2.75, 3.05) is 20.1 Å². The topological polar surface area (TPSA) is 53.3 Å². The van der Waals surface area contributed by atoms with E-state index in [-0.39, 0.29) is 6.04 Å². The van der Waals surface area contributed by atoms with Gasteiger partial charge in [0.05, 0.1) is 12.6 Å². The monoisotopic (exact) mass is 318 g/mol. The Morgan fingerprint density at radius 2 is 2.00 bits per heavy atom. The first-order valence-corrected chi connectivity index (χ1v) is 8.53. The van der Waals surface area contributed by atoms with Crippen LogP contribution in [0.25, 0.3) is 0 Å². The lowest BCUT2D eigenvalue weighted by Gasteiger charge is -2.26. The highest BCUT2D eigenvalue weighted by Crippen LogP contribution is 2.19. The average Bonchev–Trinajstić information content (AvgIpc) is 2.90. The SMILES string of the molecule is C=C(N)CC(NC(=C)CNC(=C)C1CCCN1C)C(=C)CCC. The zero-order valence-corrected chi connectivity index (χ0v) is 15.0. The van der Waals surface area contributed by atoms with Crippen LogP contribution in [0.5, 0.6) is 0 Å².